The van der Waals surface area contributed by atoms with Crippen molar-refractivity contribution in [3.8, 4) is 5.75 Å². The van der Waals surface area contributed by atoms with Crippen molar-refractivity contribution in [2.45, 2.75) is 6.42 Å². The van der Waals surface area contributed by atoms with E-state index in [1.165, 1.54) is 0 Å². The molecule has 0 heterocycles. The SMILES string of the molecule is C=CCOc1ccc(C=NNc2ccccc2)cc1CC=C. The van der Waals surface area contributed by atoms with Crippen LogP contribution in [0.3, 0.4) is 0 Å². The zero-order valence-corrected chi connectivity index (χ0v) is 12.5. The van der Waals surface area contributed by atoms with Gasteiger partial charge in [0.1, 0.15) is 12.4 Å². The van der Waals surface area contributed by atoms with Crippen LogP contribution in [0.4, 0.5) is 5.69 Å². The molecule has 2 rings (SSSR count). The van der Waals surface area contributed by atoms with Crippen molar-refractivity contribution >= 4 is 11.9 Å². The second-order valence-corrected chi connectivity index (χ2v) is 4.70. The van der Waals surface area contributed by atoms with Gasteiger partial charge in [0, 0.05) is 0 Å². The summed E-state index contributed by atoms with van der Waals surface area (Å²) in [5.74, 6) is 0.855. The van der Waals surface area contributed by atoms with E-state index in [1.54, 1.807) is 12.3 Å². The molecule has 3 heteroatoms. The Morgan fingerprint density at radius 1 is 1.05 bits per heavy atom. The second kappa shape index (κ2) is 8.47. The van der Waals surface area contributed by atoms with Gasteiger partial charge in [-0.25, -0.2) is 0 Å². The molecule has 0 saturated carbocycles. The van der Waals surface area contributed by atoms with Crippen molar-refractivity contribution in [3.05, 3.63) is 85.0 Å². The van der Waals surface area contributed by atoms with Gasteiger partial charge in [-0.05, 0) is 47.9 Å². The van der Waals surface area contributed by atoms with E-state index in [9.17, 15) is 0 Å². The van der Waals surface area contributed by atoms with E-state index in [2.05, 4.69) is 29.8 Å². The highest BCUT2D eigenvalue weighted by Gasteiger charge is 2.03. The van der Waals surface area contributed by atoms with Crippen LogP contribution >= 0.6 is 0 Å². The molecule has 0 atom stereocenters. The molecule has 22 heavy (non-hydrogen) atoms. The van der Waals surface area contributed by atoms with E-state index >= 15 is 0 Å². The largest absolute Gasteiger partial charge is 0.489 e. The summed E-state index contributed by atoms with van der Waals surface area (Å²) in [4.78, 5) is 0. The van der Waals surface area contributed by atoms with Gasteiger partial charge in [0.05, 0.1) is 11.9 Å². The molecule has 0 saturated heterocycles. The molecular formula is C19H20N2O. The quantitative estimate of drug-likeness (QED) is 0.444. The Balaban J connectivity index is 2.08. The summed E-state index contributed by atoms with van der Waals surface area (Å²) in [5, 5.41) is 4.25. The van der Waals surface area contributed by atoms with Crippen LogP contribution in [0.2, 0.25) is 0 Å². The first-order valence-corrected chi connectivity index (χ1v) is 7.15. The van der Waals surface area contributed by atoms with E-state index in [-0.39, 0.29) is 0 Å². The molecule has 0 radical (unpaired) electrons. The smallest absolute Gasteiger partial charge is 0.123 e. The van der Waals surface area contributed by atoms with Gasteiger partial charge in [0.25, 0.3) is 0 Å². The molecule has 0 unspecified atom stereocenters. The Hall–Kier alpha value is -2.81. The lowest BCUT2D eigenvalue weighted by atomic mass is 10.1. The fraction of sp³-hybridized carbons (Fsp3) is 0.105. The lowest BCUT2D eigenvalue weighted by molar-refractivity contribution is 0.360. The summed E-state index contributed by atoms with van der Waals surface area (Å²) in [6.07, 6.45) is 6.13. The number of hydrogen-bond acceptors (Lipinski definition) is 3. The highest BCUT2D eigenvalue weighted by atomic mass is 16.5. The molecule has 1 N–H and O–H groups in total. The zero-order chi connectivity index (χ0) is 15.6. The summed E-state index contributed by atoms with van der Waals surface area (Å²) in [6.45, 7) is 7.94. The molecule has 2 aromatic carbocycles. The Bertz CT molecular complexity index is 648. The van der Waals surface area contributed by atoms with Crippen LogP contribution in [0.1, 0.15) is 11.1 Å². The minimum absolute atomic E-state index is 0.493. The third-order valence-electron chi connectivity index (χ3n) is 2.99. The van der Waals surface area contributed by atoms with E-state index in [0.29, 0.717) is 6.61 Å². The van der Waals surface area contributed by atoms with Crippen LogP contribution < -0.4 is 10.2 Å². The summed E-state index contributed by atoms with van der Waals surface area (Å²) in [5.41, 5.74) is 6.04. The number of ether oxygens (including phenoxy) is 1. The predicted molar refractivity (Wildman–Crippen MR) is 93.7 cm³/mol. The van der Waals surface area contributed by atoms with Crippen LogP contribution in [0, 0.1) is 0 Å². The van der Waals surface area contributed by atoms with Crippen LogP contribution in [0.5, 0.6) is 5.75 Å². The lowest BCUT2D eigenvalue weighted by Crippen LogP contribution is -1.98. The Morgan fingerprint density at radius 3 is 2.59 bits per heavy atom. The van der Waals surface area contributed by atoms with E-state index in [1.807, 2.05) is 48.5 Å². The highest BCUT2D eigenvalue weighted by Crippen LogP contribution is 2.20. The van der Waals surface area contributed by atoms with Crippen molar-refractivity contribution in [1.29, 1.82) is 0 Å². The fourth-order valence-corrected chi connectivity index (χ4v) is 1.98. The zero-order valence-electron chi connectivity index (χ0n) is 12.5. The van der Waals surface area contributed by atoms with Crippen molar-refractivity contribution in [3.63, 3.8) is 0 Å². The first kappa shape index (κ1) is 15.6. The molecule has 0 aliphatic carbocycles. The molecule has 3 nitrogen and oxygen atoms in total. The highest BCUT2D eigenvalue weighted by molar-refractivity contribution is 5.81. The number of anilines is 1. The summed E-state index contributed by atoms with van der Waals surface area (Å²) in [7, 11) is 0. The molecule has 0 aliphatic rings. The molecule has 112 valence electrons. The number of hydrogen-bond donors (Lipinski definition) is 1. The van der Waals surface area contributed by atoms with Crippen molar-refractivity contribution < 1.29 is 4.74 Å². The number of para-hydroxylation sites is 1. The monoisotopic (exact) mass is 292 g/mol. The molecule has 0 aromatic heterocycles. The third kappa shape index (κ3) is 4.63. The summed E-state index contributed by atoms with van der Waals surface area (Å²) >= 11 is 0. The van der Waals surface area contributed by atoms with Gasteiger partial charge in [-0.1, -0.05) is 36.9 Å². The number of hydrazone groups is 1. The predicted octanol–water partition coefficient (Wildman–Crippen LogP) is 4.43. The maximum absolute atomic E-state index is 5.64. The summed E-state index contributed by atoms with van der Waals surface area (Å²) < 4.78 is 5.64. The topological polar surface area (TPSA) is 33.6 Å². The van der Waals surface area contributed by atoms with Crippen LogP contribution in [0.15, 0.2) is 78.9 Å². The molecular weight excluding hydrogens is 272 g/mol. The van der Waals surface area contributed by atoms with Gasteiger partial charge >= 0.3 is 0 Å². The number of nitrogens with one attached hydrogen (secondary N) is 1. The Labute approximate surface area is 131 Å². The molecule has 0 aliphatic heterocycles. The fourth-order valence-electron chi connectivity index (χ4n) is 1.98. The maximum atomic E-state index is 5.64. The van der Waals surface area contributed by atoms with E-state index < -0.39 is 0 Å². The molecule has 0 spiro atoms. The van der Waals surface area contributed by atoms with Crippen LogP contribution in [0.25, 0.3) is 0 Å². The van der Waals surface area contributed by atoms with Crippen molar-refractivity contribution in [2.75, 3.05) is 12.0 Å². The van der Waals surface area contributed by atoms with Crippen molar-refractivity contribution in [2.24, 2.45) is 5.10 Å². The molecule has 0 bridgehead atoms. The standard InChI is InChI=1S/C19H20N2O/c1-3-8-17-14-16(11-12-19(17)22-13-4-2)15-20-21-18-9-6-5-7-10-18/h3-7,9-12,14-15,21H,1-2,8,13H2. The van der Waals surface area contributed by atoms with Crippen molar-refractivity contribution in [1.82, 2.24) is 0 Å². The van der Waals surface area contributed by atoms with Gasteiger partial charge in [-0.15, -0.1) is 6.58 Å². The lowest BCUT2D eigenvalue weighted by Gasteiger charge is -2.09. The van der Waals surface area contributed by atoms with E-state index in [4.69, 9.17) is 4.74 Å². The molecule has 0 amide bonds. The van der Waals surface area contributed by atoms with Gasteiger partial charge in [-0.3, -0.25) is 5.43 Å². The third-order valence-corrected chi connectivity index (χ3v) is 2.99. The first-order valence-electron chi connectivity index (χ1n) is 7.15. The average Bonchev–Trinajstić information content (AvgIpc) is 2.55. The number of allylic oxidation sites excluding steroid dienone is 1. The average molecular weight is 292 g/mol. The molecule has 2 aromatic rings. The van der Waals surface area contributed by atoms with Gasteiger partial charge < -0.3 is 4.74 Å². The minimum atomic E-state index is 0.493. The van der Waals surface area contributed by atoms with E-state index in [0.717, 1.165) is 29.0 Å². The Kier molecular flexibility index (Phi) is 6.00. The van der Waals surface area contributed by atoms with Gasteiger partial charge in [0.2, 0.25) is 0 Å². The van der Waals surface area contributed by atoms with Gasteiger partial charge in [-0.2, -0.15) is 5.10 Å². The van der Waals surface area contributed by atoms with Crippen LogP contribution in [-0.2, 0) is 6.42 Å². The second-order valence-electron chi connectivity index (χ2n) is 4.70. The Morgan fingerprint density at radius 2 is 1.86 bits per heavy atom. The first-order chi connectivity index (χ1) is 10.8. The van der Waals surface area contributed by atoms with Crippen LogP contribution in [-0.4, -0.2) is 12.8 Å². The maximum Gasteiger partial charge on any atom is 0.123 e. The number of benzene rings is 2. The number of nitrogens with zero attached hydrogens (tertiary/aromatic N) is 1. The number of rotatable bonds is 8. The molecule has 0 fully saturated rings. The summed E-state index contributed by atoms with van der Waals surface area (Å²) in [6, 6.07) is 15.8. The minimum Gasteiger partial charge on any atom is -0.489 e. The van der Waals surface area contributed by atoms with Gasteiger partial charge in [0.15, 0.2) is 0 Å². The normalized spacial score (nSPS) is 10.4.